The maximum Gasteiger partial charge on any atom is 0.270 e. The molecule has 168 valence electrons. The van der Waals surface area contributed by atoms with Gasteiger partial charge in [-0.3, -0.25) is 14.7 Å². The Bertz CT molecular complexity index is 1140. The molecular formula is C22H23ClN4O5. The summed E-state index contributed by atoms with van der Waals surface area (Å²) < 4.78 is 5.20. The predicted octanol–water partition coefficient (Wildman–Crippen LogP) is 3.07. The Morgan fingerprint density at radius 3 is 2.50 bits per heavy atom. The number of H-pyrrole nitrogens is 1. The first kappa shape index (κ1) is 23.0. The van der Waals surface area contributed by atoms with E-state index in [1.54, 1.807) is 38.1 Å². The van der Waals surface area contributed by atoms with Gasteiger partial charge in [0.15, 0.2) is 0 Å². The zero-order valence-electron chi connectivity index (χ0n) is 17.7. The van der Waals surface area contributed by atoms with Gasteiger partial charge in [-0.05, 0) is 37.6 Å². The third-order valence-electron chi connectivity index (χ3n) is 4.78. The number of carbonyl (C=O) groups is 2. The number of halogens is 1. The summed E-state index contributed by atoms with van der Waals surface area (Å²) in [6.45, 7) is 3.79. The van der Waals surface area contributed by atoms with Gasteiger partial charge >= 0.3 is 0 Å². The molecule has 0 aliphatic carbocycles. The lowest BCUT2D eigenvalue weighted by atomic mass is 9.97. The molecule has 1 atom stereocenters. The van der Waals surface area contributed by atoms with Gasteiger partial charge in [0.1, 0.15) is 34.7 Å². The highest BCUT2D eigenvalue weighted by molar-refractivity contribution is 6.32. The van der Waals surface area contributed by atoms with Gasteiger partial charge in [0.25, 0.3) is 5.91 Å². The summed E-state index contributed by atoms with van der Waals surface area (Å²) in [5.74, 6) is -0.823. The number of amides is 2. The number of methoxy groups -OCH3 is 1. The monoisotopic (exact) mass is 458 g/mol. The number of phenols is 2. The second kappa shape index (κ2) is 9.61. The fraction of sp³-hybridized carbons (Fsp3) is 0.227. The minimum Gasteiger partial charge on any atom is -0.507 e. The van der Waals surface area contributed by atoms with Crippen LogP contribution in [-0.2, 0) is 4.79 Å². The van der Waals surface area contributed by atoms with Crippen molar-refractivity contribution >= 4 is 23.4 Å². The van der Waals surface area contributed by atoms with E-state index in [0.717, 1.165) is 6.07 Å². The van der Waals surface area contributed by atoms with E-state index >= 15 is 0 Å². The predicted molar refractivity (Wildman–Crippen MR) is 120 cm³/mol. The van der Waals surface area contributed by atoms with Gasteiger partial charge in [-0.15, -0.1) is 0 Å². The molecule has 10 heteroatoms. The molecule has 0 radical (unpaired) electrons. The van der Waals surface area contributed by atoms with Crippen LogP contribution >= 0.6 is 11.6 Å². The van der Waals surface area contributed by atoms with Crippen LogP contribution in [0.2, 0.25) is 5.02 Å². The second-order valence-corrected chi connectivity index (χ2v) is 7.37. The second-order valence-electron chi connectivity index (χ2n) is 6.96. The maximum atomic E-state index is 13.0. The smallest absolute Gasteiger partial charge is 0.270 e. The van der Waals surface area contributed by atoms with Crippen LogP contribution in [-0.4, -0.2) is 51.9 Å². The summed E-state index contributed by atoms with van der Waals surface area (Å²) in [6.07, 6.45) is 0. The average molecular weight is 459 g/mol. The maximum absolute atomic E-state index is 13.0. The van der Waals surface area contributed by atoms with Crippen molar-refractivity contribution in [2.45, 2.75) is 19.9 Å². The normalized spacial score (nSPS) is 11.6. The largest absolute Gasteiger partial charge is 0.507 e. The Kier molecular flexibility index (Phi) is 6.89. The fourth-order valence-electron chi connectivity index (χ4n) is 3.14. The van der Waals surface area contributed by atoms with E-state index in [1.165, 1.54) is 13.2 Å². The van der Waals surface area contributed by atoms with Crippen molar-refractivity contribution < 1.29 is 24.5 Å². The van der Waals surface area contributed by atoms with E-state index in [9.17, 15) is 19.8 Å². The van der Waals surface area contributed by atoms with Crippen LogP contribution in [0.25, 0.3) is 22.4 Å². The van der Waals surface area contributed by atoms with Crippen molar-refractivity contribution in [3.63, 3.8) is 0 Å². The van der Waals surface area contributed by atoms with E-state index in [4.69, 9.17) is 16.3 Å². The van der Waals surface area contributed by atoms with Gasteiger partial charge in [-0.25, -0.2) is 0 Å². The summed E-state index contributed by atoms with van der Waals surface area (Å²) >= 11 is 6.04. The van der Waals surface area contributed by atoms with E-state index < -0.39 is 11.9 Å². The third kappa shape index (κ3) is 4.62. The molecule has 0 unspecified atom stereocenters. The van der Waals surface area contributed by atoms with Crippen LogP contribution in [0, 0.1) is 0 Å². The number of phenolic OH excluding ortho intramolecular Hbond substituents is 2. The van der Waals surface area contributed by atoms with Gasteiger partial charge < -0.3 is 25.6 Å². The summed E-state index contributed by atoms with van der Waals surface area (Å²) in [5, 5.41) is 32.4. The summed E-state index contributed by atoms with van der Waals surface area (Å²) in [7, 11) is 1.54. The molecule has 32 heavy (non-hydrogen) atoms. The van der Waals surface area contributed by atoms with Crippen LogP contribution in [0.4, 0.5) is 0 Å². The van der Waals surface area contributed by atoms with E-state index in [-0.39, 0.29) is 39.4 Å². The van der Waals surface area contributed by atoms with Gasteiger partial charge in [0.05, 0.1) is 12.1 Å². The molecule has 2 aromatic carbocycles. The molecular weight excluding hydrogens is 436 g/mol. The number of benzene rings is 2. The quantitative estimate of drug-likeness (QED) is 0.369. The number of rotatable bonds is 7. The molecule has 0 aliphatic heterocycles. The lowest BCUT2D eigenvalue weighted by Gasteiger charge is -2.14. The number of carbonyl (C=O) groups excluding carboxylic acids is 2. The number of ether oxygens (including phenoxy) is 1. The number of aromatic hydroxyl groups is 2. The molecule has 0 aliphatic rings. The molecule has 9 nitrogen and oxygen atoms in total. The Labute approximate surface area is 189 Å². The molecule has 0 saturated heterocycles. The van der Waals surface area contributed by atoms with E-state index in [0.29, 0.717) is 23.4 Å². The summed E-state index contributed by atoms with van der Waals surface area (Å²) in [5.41, 5.74) is 1.53. The van der Waals surface area contributed by atoms with Crippen molar-refractivity contribution in [1.29, 1.82) is 0 Å². The minimum absolute atomic E-state index is 0.0114. The number of aromatic nitrogens is 2. The van der Waals surface area contributed by atoms with Crippen molar-refractivity contribution in [1.82, 2.24) is 20.8 Å². The number of hydrogen-bond donors (Lipinski definition) is 5. The average Bonchev–Trinajstić information content (AvgIpc) is 3.21. The number of hydrogen-bond acceptors (Lipinski definition) is 6. The number of aromatic amines is 1. The highest BCUT2D eigenvalue weighted by atomic mass is 35.5. The zero-order chi connectivity index (χ0) is 23.4. The topological polar surface area (TPSA) is 137 Å². The highest BCUT2D eigenvalue weighted by Crippen LogP contribution is 2.41. The molecule has 1 heterocycles. The van der Waals surface area contributed by atoms with Crippen molar-refractivity contribution in [3.8, 4) is 39.6 Å². The minimum atomic E-state index is -0.783. The Balaban J connectivity index is 2.11. The van der Waals surface area contributed by atoms with Crippen molar-refractivity contribution in [2.24, 2.45) is 0 Å². The molecule has 0 spiro atoms. The Morgan fingerprint density at radius 2 is 1.88 bits per heavy atom. The lowest BCUT2D eigenvalue weighted by Crippen LogP contribution is -2.44. The summed E-state index contributed by atoms with van der Waals surface area (Å²) in [6, 6.07) is 8.57. The van der Waals surface area contributed by atoms with Gasteiger partial charge in [-0.1, -0.05) is 23.7 Å². The number of likely N-dealkylation sites (N-methyl/N-ethyl adjacent to an activating group) is 1. The number of nitrogens with zero attached hydrogens (tertiary/aromatic N) is 1. The molecule has 0 fully saturated rings. The lowest BCUT2D eigenvalue weighted by molar-refractivity contribution is -0.122. The molecule has 3 rings (SSSR count). The van der Waals surface area contributed by atoms with E-state index in [2.05, 4.69) is 20.8 Å². The van der Waals surface area contributed by atoms with Gasteiger partial charge in [0, 0.05) is 23.7 Å². The van der Waals surface area contributed by atoms with E-state index in [1.807, 2.05) is 0 Å². The molecule has 0 bridgehead atoms. The van der Waals surface area contributed by atoms with Crippen LogP contribution in [0.1, 0.15) is 24.3 Å². The van der Waals surface area contributed by atoms with Crippen LogP contribution in [0.5, 0.6) is 17.2 Å². The molecule has 3 aromatic rings. The summed E-state index contributed by atoms with van der Waals surface area (Å²) in [4.78, 5) is 25.1. The van der Waals surface area contributed by atoms with Crippen molar-refractivity contribution in [2.75, 3.05) is 13.7 Å². The Morgan fingerprint density at radius 1 is 1.19 bits per heavy atom. The first-order valence-electron chi connectivity index (χ1n) is 9.80. The standard InChI is InChI=1S/C22H23ClN4O5/c1-4-24-21(30)11(2)25-22(31)20-18(12-5-7-13(32-3)8-6-12)19(26-27-20)14-9-15(23)17(29)10-16(14)28/h5-11,28-29H,4H2,1-3H3,(H,24,30)(H,25,31)(H,26,27)/t11-/m1/s1. The first-order valence-corrected chi connectivity index (χ1v) is 10.2. The third-order valence-corrected chi connectivity index (χ3v) is 5.09. The van der Waals surface area contributed by atoms with Gasteiger partial charge in [0.2, 0.25) is 5.91 Å². The highest BCUT2D eigenvalue weighted by Gasteiger charge is 2.26. The number of nitrogens with one attached hydrogen (secondary N) is 3. The molecule has 5 N–H and O–H groups in total. The molecule has 1 aromatic heterocycles. The van der Waals surface area contributed by atoms with Gasteiger partial charge in [-0.2, -0.15) is 5.10 Å². The molecule has 2 amide bonds. The SMILES string of the molecule is CCNC(=O)[C@@H](C)NC(=O)c1[nH]nc(-c2cc(Cl)c(O)cc2O)c1-c1ccc(OC)cc1. The van der Waals surface area contributed by atoms with Crippen molar-refractivity contribution in [3.05, 3.63) is 47.1 Å². The fourth-order valence-corrected chi connectivity index (χ4v) is 3.31. The van der Waals surface area contributed by atoms with Crippen LogP contribution < -0.4 is 15.4 Å². The first-order chi connectivity index (χ1) is 15.3. The van der Waals surface area contributed by atoms with Crippen LogP contribution in [0.3, 0.4) is 0 Å². The molecule has 0 saturated carbocycles. The Hall–Kier alpha value is -3.72. The van der Waals surface area contributed by atoms with Crippen LogP contribution in [0.15, 0.2) is 36.4 Å². The zero-order valence-corrected chi connectivity index (χ0v) is 18.4.